The quantitative estimate of drug-likeness (QED) is 0.809. The van der Waals surface area contributed by atoms with Crippen molar-refractivity contribution < 1.29 is 13.2 Å². The van der Waals surface area contributed by atoms with Crippen LogP contribution in [0.5, 0.6) is 0 Å². The van der Waals surface area contributed by atoms with Crippen LogP contribution in [-0.2, 0) is 14.8 Å². The van der Waals surface area contributed by atoms with E-state index in [1.807, 2.05) is 0 Å². The zero-order valence-corrected chi connectivity index (χ0v) is 13.5. The van der Waals surface area contributed by atoms with E-state index in [1.165, 1.54) is 38.1 Å². The lowest BCUT2D eigenvalue weighted by molar-refractivity contribution is -0.130. The number of rotatable bonds is 4. The van der Waals surface area contributed by atoms with Crippen molar-refractivity contribution in [3.05, 3.63) is 22.2 Å². The van der Waals surface area contributed by atoms with Crippen LogP contribution >= 0.6 is 23.2 Å². The minimum atomic E-state index is -4.03. The van der Waals surface area contributed by atoms with E-state index >= 15 is 0 Å². The third kappa shape index (κ3) is 3.76. The lowest BCUT2D eigenvalue weighted by Gasteiger charge is -2.19. The molecule has 0 radical (unpaired) electrons. The molecule has 6 nitrogen and oxygen atoms in total. The number of amides is 1. The summed E-state index contributed by atoms with van der Waals surface area (Å²) < 4.78 is 26.7. The number of sulfonamides is 1. The summed E-state index contributed by atoms with van der Waals surface area (Å²) in [6.45, 7) is 1.43. The van der Waals surface area contributed by atoms with Crippen molar-refractivity contribution >= 4 is 44.8 Å². The second kappa shape index (κ2) is 6.17. The fraction of sp³-hybridized carbons (Fsp3) is 0.364. The largest absolute Gasteiger partial charge is 0.399 e. The van der Waals surface area contributed by atoms with Gasteiger partial charge in [-0.25, -0.2) is 8.42 Å². The first kappa shape index (κ1) is 17.0. The van der Waals surface area contributed by atoms with Crippen molar-refractivity contribution in [3.63, 3.8) is 0 Å². The van der Waals surface area contributed by atoms with E-state index in [4.69, 9.17) is 28.9 Å². The highest BCUT2D eigenvalue weighted by atomic mass is 35.5. The van der Waals surface area contributed by atoms with Crippen molar-refractivity contribution in [3.8, 4) is 0 Å². The van der Waals surface area contributed by atoms with E-state index in [-0.39, 0.29) is 20.6 Å². The summed E-state index contributed by atoms with van der Waals surface area (Å²) in [6, 6.07) is 1.61. The molecule has 0 fully saturated rings. The molecule has 3 N–H and O–H groups in total. The maximum absolute atomic E-state index is 12.2. The number of nitrogens with one attached hydrogen (secondary N) is 1. The molecule has 0 aliphatic carbocycles. The zero-order valence-electron chi connectivity index (χ0n) is 11.1. The number of anilines is 1. The van der Waals surface area contributed by atoms with Crippen molar-refractivity contribution in [2.24, 2.45) is 0 Å². The molecular weight excluding hydrogens is 325 g/mol. The number of benzene rings is 1. The van der Waals surface area contributed by atoms with E-state index < -0.39 is 22.0 Å². The van der Waals surface area contributed by atoms with Gasteiger partial charge in [-0.3, -0.25) is 4.79 Å². The summed E-state index contributed by atoms with van der Waals surface area (Å²) in [5.41, 5.74) is 5.76. The molecule has 0 saturated heterocycles. The van der Waals surface area contributed by atoms with Gasteiger partial charge in [-0.1, -0.05) is 23.2 Å². The van der Waals surface area contributed by atoms with Gasteiger partial charge in [-0.05, 0) is 19.1 Å². The number of halogens is 2. The molecule has 1 unspecified atom stereocenters. The van der Waals surface area contributed by atoms with Crippen molar-refractivity contribution in [1.29, 1.82) is 0 Å². The van der Waals surface area contributed by atoms with Gasteiger partial charge in [0.15, 0.2) is 0 Å². The second-order valence-electron chi connectivity index (χ2n) is 4.39. The molecule has 1 atom stereocenters. The van der Waals surface area contributed by atoms with Crippen LogP contribution in [0.15, 0.2) is 17.0 Å². The van der Waals surface area contributed by atoms with Crippen LogP contribution in [0.4, 0.5) is 5.69 Å². The van der Waals surface area contributed by atoms with Crippen LogP contribution in [0.1, 0.15) is 6.92 Å². The van der Waals surface area contributed by atoms with E-state index in [1.54, 1.807) is 0 Å². The van der Waals surface area contributed by atoms with Gasteiger partial charge < -0.3 is 10.6 Å². The van der Waals surface area contributed by atoms with Gasteiger partial charge in [0.25, 0.3) is 0 Å². The number of hydrogen-bond donors (Lipinski definition) is 2. The van der Waals surface area contributed by atoms with Gasteiger partial charge in [-0.15, -0.1) is 0 Å². The Kier molecular flexibility index (Phi) is 5.26. The van der Waals surface area contributed by atoms with Crippen LogP contribution in [0, 0.1) is 0 Å². The number of nitrogens with zero attached hydrogens (tertiary/aromatic N) is 1. The lowest BCUT2D eigenvalue weighted by atomic mass is 10.3. The summed E-state index contributed by atoms with van der Waals surface area (Å²) in [5.74, 6) is -0.392. The van der Waals surface area contributed by atoms with E-state index in [0.29, 0.717) is 0 Å². The minimum absolute atomic E-state index is 0.105. The predicted molar refractivity (Wildman–Crippen MR) is 79.4 cm³/mol. The molecule has 0 bridgehead atoms. The number of hydrogen-bond acceptors (Lipinski definition) is 4. The number of nitrogen functional groups attached to an aromatic ring is 1. The molecule has 0 spiro atoms. The normalized spacial score (nSPS) is 13.1. The molecule has 20 heavy (non-hydrogen) atoms. The van der Waals surface area contributed by atoms with Gasteiger partial charge in [0.2, 0.25) is 15.9 Å². The summed E-state index contributed by atoms with van der Waals surface area (Å²) in [7, 11) is -0.985. The Balaban J connectivity index is 3.16. The molecule has 1 aromatic rings. The summed E-state index contributed by atoms with van der Waals surface area (Å²) in [4.78, 5) is 12.7. The molecule has 112 valence electrons. The highest BCUT2D eigenvalue weighted by molar-refractivity contribution is 7.89. The van der Waals surface area contributed by atoms with Gasteiger partial charge in [-0.2, -0.15) is 4.72 Å². The highest BCUT2D eigenvalue weighted by Gasteiger charge is 2.27. The van der Waals surface area contributed by atoms with Gasteiger partial charge >= 0.3 is 0 Å². The molecule has 0 aromatic heterocycles. The Labute approximate surface area is 127 Å². The molecule has 0 aliphatic heterocycles. The standard InChI is InChI=1S/C11H15Cl2N3O3S/c1-6(11(17)16(2)3)15-20(18,19)10-8(12)4-7(14)5-9(10)13/h4-6,15H,14H2,1-3H3. The SMILES string of the molecule is CC(NS(=O)(=O)c1c(Cl)cc(N)cc1Cl)C(=O)N(C)C. The fourth-order valence-corrected chi connectivity index (χ4v) is 3.99. The fourth-order valence-electron chi connectivity index (χ4n) is 1.57. The van der Waals surface area contributed by atoms with Crippen molar-refractivity contribution in [1.82, 2.24) is 9.62 Å². The molecule has 0 saturated carbocycles. The van der Waals surface area contributed by atoms with Gasteiger partial charge in [0.1, 0.15) is 4.90 Å². The average molecular weight is 340 g/mol. The average Bonchev–Trinajstić information content (AvgIpc) is 2.24. The molecule has 1 amide bonds. The summed E-state index contributed by atoms with van der Waals surface area (Å²) in [5, 5.41) is -0.209. The number of carbonyl (C=O) groups is 1. The highest BCUT2D eigenvalue weighted by Crippen LogP contribution is 2.31. The molecule has 0 heterocycles. The van der Waals surface area contributed by atoms with Crippen molar-refractivity contribution in [2.45, 2.75) is 17.9 Å². The van der Waals surface area contributed by atoms with E-state index in [2.05, 4.69) is 4.72 Å². The molecule has 1 rings (SSSR count). The smallest absolute Gasteiger partial charge is 0.244 e. The van der Waals surface area contributed by atoms with Crippen LogP contribution in [0.25, 0.3) is 0 Å². The van der Waals surface area contributed by atoms with Crippen LogP contribution in [0.3, 0.4) is 0 Å². The maximum Gasteiger partial charge on any atom is 0.244 e. The lowest BCUT2D eigenvalue weighted by Crippen LogP contribution is -2.44. The van der Waals surface area contributed by atoms with Crippen LogP contribution in [0.2, 0.25) is 10.0 Å². The first-order valence-corrected chi connectivity index (χ1v) is 7.78. The maximum atomic E-state index is 12.2. The molecule has 1 aromatic carbocycles. The minimum Gasteiger partial charge on any atom is -0.399 e. The monoisotopic (exact) mass is 339 g/mol. The number of likely N-dealkylation sites (N-methyl/N-ethyl adjacent to an activating group) is 1. The number of nitrogens with two attached hydrogens (primary N) is 1. The third-order valence-corrected chi connectivity index (χ3v) is 4.89. The Morgan fingerprint density at radius 2 is 1.75 bits per heavy atom. The first-order chi connectivity index (χ1) is 9.06. The van der Waals surface area contributed by atoms with Gasteiger partial charge in [0, 0.05) is 19.8 Å². The Bertz CT molecular complexity index is 609. The van der Waals surface area contributed by atoms with E-state index in [0.717, 1.165) is 0 Å². The Morgan fingerprint density at radius 1 is 1.30 bits per heavy atom. The Morgan fingerprint density at radius 3 is 2.15 bits per heavy atom. The molecule has 9 heteroatoms. The van der Waals surface area contributed by atoms with Crippen molar-refractivity contribution in [2.75, 3.05) is 19.8 Å². The third-order valence-electron chi connectivity index (χ3n) is 2.43. The molecular formula is C11H15Cl2N3O3S. The van der Waals surface area contributed by atoms with Crippen LogP contribution < -0.4 is 10.5 Å². The van der Waals surface area contributed by atoms with E-state index in [9.17, 15) is 13.2 Å². The molecule has 0 aliphatic rings. The number of carbonyl (C=O) groups excluding carboxylic acids is 1. The predicted octanol–water partition coefficient (Wildman–Crippen LogP) is 1.33. The summed E-state index contributed by atoms with van der Waals surface area (Å²) >= 11 is 11.7. The van der Waals surface area contributed by atoms with Crippen LogP contribution in [-0.4, -0.2) is 39.4 Å². The Hall–Kier alpha value is -1.02. The summed E-state index contributed by atoms with van der Waals surface area (Å²) in [6.07, 6.45) is 0. The van der Waals surface area contributed by atoms with Gasteiger partial charge in [0.05, 0.1) is 16.1 Å². The topological polar surface area (TPSA) is 92.5 Å². The zero-order chi connectivity index (χ0) is 15.7. The first-order valence-electron chi connectivity index (χ1n) is 5.54. The second-order valence-corrected chi connectivity index (χ2v) is 6.85.